The maximum atomic E-state index is 13.5. The lowest BCUT2D eigenvalue weighted by atomic mass is 9.71. The van der Waals surface area contributed by atoms with Crippen molar-refractivity contribution in [3.8, 4) is 0 Å². The maximum absolute atomic E-state index is 13.5. The predicted octanol–water partition coefficient (Wildman–Crippen LogP) is 3.63. The molecule has 0 spiro atoms. The van der Waals surface area contributed by atoms with Crippen LogP contribution < -0.4 is 9.80 Å². The highest BCUT2D eigenvalue weighted by Gasteiger charge is 2.54. The third-order valence-electron chi connectivity index (χ3n) is 7.58. The number of benzene rings is 2. The largest absolute Gasteiger partial charge is 0.380 e. The Kier molecular flexibility index (Phi) is 6.79. The molecule has 2 aromatic carbocycles. The average molecular weight is 503 g/mol. The van der Waals surface area contributed by atoms with E-state index in [1.807, 2.05) is 25.1 Å². The molecule has 2 aliphatic heterocycles. The van der Waals surface area contributed by atoms with Gasteiger partial charge in [0.05, 0.1) is 42.3 Å². The van der Waals surface area contributed by atoms with E-state index in [1.54, 1.807) is 50.6 Å². The Bertz CT molecular complexity index is 1300. The number of anilines is 2. The fourth-order valence-electron chi connectivity index (χ4n) is 5.98. The third kappa shape index (κ3) is 4.40. The SMILES string of the molecule is COCc1cccc(N2C(=O)[C@H]3C(C)=C[C@H]([C@H]4CC(=O)N(c5cccc(COC)c5)C4=O)C[C@H]3C2=O)c1. The normalized spacial score (nSPS) is 25.6. The van der Waals surface area contributed by atoms with E-state index in [9.17, 15) is 19.2 Å². The molecule has 0 bridgehead atoms. The van der Waals surface area contributed by atoms with Crippen molar-refractivity contribution >= 4 is 35.0 Å². The minimum atomic E-state index is -0.573. The number of hydrogen-bond acceptors (Lipinski definition) is 6. The molecule has 4 amide bonds. The molecule has 4 atom stereocenters. The summed E-state index contributed by atoms with van der Waals surface area (Å²) in [7, 11) is 3.18. The lowest BCUT2D eigenvalue weighted by Crippen LogP contribution is -2.35. The van der Waals surface area contributed by atoms with Gasteiger partial charge in [-0.2, -0.15) is 0 Å². The molecule has 0 saturated carbocycles. The van der Waals surface area contributed by atoms with Crippen LogP contribution in [-0.4, -0.2) is 37.8 Å². The quantitative estimate of drug-likeness (QED) is 0.424. The molecule has 1 aliphatic carbocycles. The number of amides is 4. The van der Waals surface area contributed by atoms with Gasteiger partial charge in [-0.05, 0) is 54.7 Å². The molecule has 8 nitrogen and oxygen atoms in total. The molecule has 0 radical (unpaired) electrons. The Balaban J connectivity index is 1.39. The standard InChI is InChI=1S/C29H30N2O6/c1-17-10-20(23-14-25(32)30(27(23)33)21-8-4-6-18(11-21)15-36-2)13-24-26(17)29(35)31(28(24)34)22-9-5-7-19(12-22)16-37-3/h4-12,20,23-24,26H,13-16H2,1-3H3/t20-,23+,24+,26-/m0/s1. The van der Waals surface area contributed by atoms with Crippen LogP contribution in [0, 0.1) is 23.7 Å². The number of fused-ring (bicyclic) bond motifs is 1. The molecule has 2 fully saturated rings. The lowest BCUT2D eigenvalue weighted by molar-refractivity contribution is -0.125. The Morgan fingerprint density at radius 3 is 1.95 bits per heavy atom. The van der Waals surface area contributed by atoms with Crippen LogP contribution in [-0.2, 0) is 41.9 Å². The van der Waals surface area contributed by atoms with E-state index in [4.69, 9.17) is 9.47 Å². The summed E-state index contributed by atoms with van der Waals surface area (Å²) in [6, 6.07) is 14.4. The Morgan fingerprint density at radius 2 is 1.35 bits per heavy atom. The number of hydrogen-bond donors (Lipinski definition) is 0. The fourth-order valence-corrected chi connectivity index (χ4v) is 5.98. The molecule has 192 valence electrons. The smallest absolute Gasteiger partial charge is 0.241 e. The number of carbonyl (C=O) groups excluding carboxylic acids is 4. The molecule has 37 heavy (non-hydrogen) atoms. The zero-order chi connectivity index (χ0) is 26.3. The van der Waals surface area contributed by atoms with E-state index in [-0.39, 0.29) is 36.0 Å². The number of allylic oxidation sites excluding steroid dienone is 1. The minimum absolute atomic E-state index is 0.0735. The molecule has 2 heterocycles. The van der Waals surface area contributed by atoms with Gasteiger partial charge in [-0.15, -0.1) is 0 Å². The van der Waals surface area contributed by atoms with Gasteiger partial charge in [-0.25, -0.2) is 4.90 Å². The first kappa shape index (κ1) is 25.0. The first-order chi connectivity index (χ1) is 17.8. The van der Waals surface area contributed by atoms with Gasteiger partial charge >= 0.3 is 0 Å². The van der Waals surface area contributed by atoms with Gasteiger partial charge in [0.2, 0.25) is 23.6 Å². The summed E-state index contributed by atoms with van der Waals surface area (Å²) in [4.78, 5) is 55.9. The monoisotopic (exact) mass is 502 g/mol. The zero-order valence-electron chi connectivity index (χ0n) is 21.2. The number of methoxy groups -OCH3 is 2. The number of imide groups is 2. The van der Waals surface area contributed by atoms with Crippen molar-refractivity contribution < 1.29 is 28.7 Å². The van der Waals surface area contributed by atoms with Crippen molar-refractivity contribution in [2.24, 2.45) is 23.7 Å². The lowest BCUT2D eigenvalue weighted by Gasteiger charge is -2.29. The van der Waals surface area contributed by atoms with E-state index >= 15 is 0 Å². The van der Waals surface area contributed by atoms with Crippen LogP contribution >= 0.6 is 0 Å². The maximum Gasteiger partial charge on any atom is 0.241 e. The first-order valence-electron chi connectivity index (χ1n) is 12.4. The fraction of sp³-hybridized carbons (Fsp3) is 0.379. The summed E-state index contributed by atoms with van der Waals surface area (Å²) in [6.45, 7) is 2.59. The summed E-state index contributed by atoms with van der Waals surface area (Å²) in [5.74, 6) is -3.03. The summed E-state index contributed by atoms with van der Waals surface area (Å²) in [6.07, 6.45) is 2.35. The molecular formula is C29H30N2O6. The minimum Gasteiger partial charge on any atom is -0.380 e. The van der Waals surface area contributed by atoms with Crippen LogP contribution in [0.5, 0.6) is 0 Å². The zero-order valence-corrected chi connectivity index (χ0v) is 21.2. The van der Waals surface area contributed by atoms with E-state index in [1.165, 1.54) is 9.80 Å². The molecule has 0 N–H and O–H groups in total. The highest BCUT2D eigenvalue weighted by Crippen LogP contribution is 2.46. The van der Waals surface area contributed by atoms with Gasteiger partial charge in [0, 0.05) is 20.6 Å². The van der Waals surface area contributed by atoms with Crippen LogP contribution in [0.4, 0.5) is 11.4 Å². The van der Waals surface area contributed by atoms with Crippen molar-refractivity contribution in [1.29, 1.82) is 0 Å². The summed E-state index contributed by atoms with van der Waals surface area (Å²) in [5, 5.41) is 0. The van der Waals surface area contributed by atoms with E-state index in [2.05, 4.69) is 0 Å². The van der Waals surface area contributed by atoms with E-state index in [0.29, 0.717) is 31.0 Å². The Labute approximate surface area is 215 Å². The number of carbonyl (C=O) groups is 4. The summed E-state index contributed by atoms with van der Waals surface area (Å²) < 4.78 is 10.4. The van der Waals surface area contributed by atoms with Gasteiger partial charge < -0.3 is 9.47 Å². The van der Waals surface area contributed by atoms with Crippen molar-refractivity contribution in [1.82, 2.24) is 0 Å². The number of nitrogens with zero attached hydrogens (tertiary/aromatic N) is 2. The topological polar surface area (TPSA) is 93.2 Å². The number of rotatable bonds is 7. The van der Waals surface area contributed by atoms with Crippen LogP contribution in [0.15, 0.2) is 60.2 Å². The molecule has 5 rings (SSSR count). The molecule has 0 aromatic heterocycles. The molecule has 8 heteroatoms. The molecule has 2 saturated heterocycles. The van der Waals surface area contributed by atoms with Gasteiger partial charge in [0.15, 0.2) is 0 Å². The molecule has 3 aliphatic rings. The van der Waals surface area contributed by atoms with Crippen LogP contribution in [0.2, 0.25) is 0 Å². The van der Waals surface area contributed by atoms with Gasteiger partial charge in [-0.1, -0.05) is 35.9 Å². The Hall–Kier alpha value is -3.62. The summed E-state index contributed by atoms with van der Waals surface area (Å²) >= 11 is 0. The van der Waals surface area contributed by atoms with Gasteiger partial charge in [0.1, 0.15) is 0 Å². The molecule has 0 unspecified atom stereocenters. The third-order valence-corrected chi connectivity index (χ3v) is 7.58. The van der Waals surface area contributed by atoms with Crippen LogP contribution in [0.1, 0.15) is 30.9 Å². The van der Waals surface area contributed by atoms with Gasteiger partial charge in [-0.3, -0.25) is 24.1 Å². The van der Waals surface area contributed by atoms with Crippen molar-refractivity contribution in [2.75, 3.05) is 24.0 Å². The highest BCUT2D eigenvalue weighted by atomic mass is 16.5. The predicted molar refractivity (Wildman–Crippen MR) is 136 cm³/mol. The second kappa shape index (κ2) is 10.0. The van der Waals surface area contributed by atoms with E-state index < -0.39 is 17.8 Å². The van der Waals surface area contributed by atoms with Crippen molar-refractivity contribution in [2.45, 2.75) is 33.0 Å². The van der Waals surface area contributed by atoms with Crippen molar-refractivity contribution in [3.05, 3.63) is 71.3 Å². The van der Waals surface area contributed by atoms with Crippen LogP contribution in [0.25, 0.3) is 0 Å². The molecular weight excluding hydrogens is 472 g/mol. The van der Waals surface area contributed by atoms with Crippen molar-refractivity contribution in [3.63, 3.8) is 0 Å². The Morgan fingerprint density at radius 1 is 0.784 bits per heavy atom. The molecule has 2 aromatic rings. The van der Waals surface area contributed by atoms with E-state index in [0.717, 1.165) is 16.7 Å². The second-order valence-corrected chi connectivity index (χ2v) is 9.99. The summed E-state index contributed by atoms with van der Waals surface area (Å²) in [5.41, 5.74) is 3.56. The average Bonchev–Trinajstić information content (AvgIpc) is 3.31. The first-order valence-corrected chi connectivity index (χ1v) is 12.4. The second-order valence-electron chi connectivity index (χ2n) is 9.99. The highest BCUT2D eigenvalue weighted by molar-refractivity contribution is 6.23. The number of ether oxygens (including phenoxy) is 2. The van der Waals surface area contributed by atoms with Crippen LogP contribution in [0.3, 0.4) is 0 Å². The van der Waals surface area contributed by atoms with Gasteiger partial charge in [0.25, 0.3) is 0 Å².